The lowest BCUT2D eigenvalue weighted by molar-refractivity contribution is -0.132. The summed E-state index contributed by atoms with van der Waals surface area (Å²) in [5.74, 6) is -1.82. The molecular weight excluding hydrogens is 328 g/mol. The number of benzene rings is 1. The van der Waals surface area contributed by atoms with Gasteiger partial charge >= 0.3 is 5.97 Å². The maximum absolute atomic E-state index is 11.4. The zero-order valence-corrected chi connectivity index (χ0v) is 11.9. The minimum atomic E-state index is -1.06. The Morgan fingerprint density at radius 3 is 2.55 bits per heavy atom. The van der Waals surface area contributed by atoms with Gasteiger partial charge in [-0.05, 0) is 23.8 Å². The lowest BCUT2D eigenvalue weighted by Crippen LogP contribution is -2.51. The van der Waals surface area contributed by atoms with Crippen molar-refractivity contribution < 1.29 is 19.5 Å². The van der Waals surface area contributed by atoms with E-state index in [0.29, 0.717) is 11.3 Å². The Bertz CT molecular complexity index is 596. The summed E-state index contributed by atoms with van der Waals surface area (Å²) in [6, 6.07) is 5.22. The molecule has 0 atom stereocenters. The highest BCUT2D eigenvalue weighted by atomic mass is 79.9. The summed E-state index contributed by atoms with van der Waals surface area (Å²) < 4.78 is 0.776. The Kier molecular flexibility index (Phi) is 4.19. The molecule has 1 aromatic carbocycles. The molecule has 1 aromatic rings. The van der Waals surface area contributed by atoms with Crippen molar-refractivity contribution >= 4 is 45.5 Å². The highest BCUT2D eigenvalue weighted by Gasteiger charge is 2.24. The number of carbonyl (C=O) groups is 3. The molecule has 2 amide bonds. The number of amides is 2. The molecule has 6 nitrogen and oxygen atoms in total. The number of anilines is 1. The van der Waals surface area contributed by atoms with Crippen LogP contribution >= 0.6 is 15.9 Å². The second-order valence-corrected chi connectivity index (χ2v) is 5.12. The summed E-state index contributed by atoms with van der Waals surface area (Å²) in [7, 11) is 0. The molecule has 0 radical (unpaired) electrons. The molecule has 104 valence electrons. The predicted molar refractivity (Wildman–Crippen MR) is 76.2 cm³/mol. The molecule has 0 saturated carbocycles. The van der Waals surface area contributed by atoms with Crippen LogP contribution in [0.15, 0.2) is 28.7 Å². The van der Waals surface area contributed by atoms with Gasteiger partial charge in [0.2, 0.25) is 11.8 Å². The average molecular weight is 339 g/mol. The van der Waals surface area contributed by atoms with Crippen molar-refractivity contribution in [3.8, 4) is 0 Å². The largest absolute Gasteiger partial charge is 0.478 e. The Labute approximate surface area is 123 Å². The maximum Gasteiger partial charge on any atom is 0.328 e. The number of hydrogen-bond donors (Lipinski definition) is 2. The fourth-order valence-corrected chi connectivity index (χ4v) is 2.25. The number of carboxylic acid groups (broad SMARTS) is 1. The number of halogens is 1. The quantitative estimate of drug-likeness (QED) is 0.634. The van der Waals surface area contributed by atoms with Crippen molar-refractivity contribution in [1.82, 2.24) is 5.32 Å². The van der Waals surface area contributed by atoms with E-state index in [2.05, 4.69) is 21.2 Å². The van der Waals surface area contributed by atoms with Crippen molar-refractivity contribution in [2.24, 2.45) is 0 Å². The lowest BCUT2D eigenvalue weighted by Gasteiger charge is -2.28. The van der Waals surface area contributed by atoms with Crippen molar-refractivity contribution in [2.75, 3.05) is 18.0 Å². The third-order valence-electron chi connectivity index (χ3n) is 2.69. The standard InChI is InChI=1S/C13H11BrN2O4/c14-9-3-1-8(2-4-13(19)20)10(5-9)16-6-11(17)15-12(18)7-16/h1-5H,6-7H2,(H,19,20)(H,15,17,18). The van der Waals surface area contributed by atoms with Gasteiger partial charge in [0.25, 0.3) is 0 Å². The fraction of sp³-hybridized carbons (Fsp3) is 0.154. The topological polar surface area (TPSA) is 86.7 Å². The first kappa shape index (κ1) is 14.3. The minimum Gasteiger partial charge on any atom is -0.478 e. The second kappa shape index (κ2) is 5.87. The van der Waals surface area contributed by atoms with Crippen molar-refractivity contribution in [3.05, 3.63) is 34.3 Å². The summed E-state index contributed by atoms with van der Waals surface area (Å²) in [5, 5.41) is 10.9. The van der Waals surface area contributed by atoms with Crippen molar-refractivity contribution in [1.29, 1.82) is 0 Å². The van der Waals surface area contributed by atoms with E-state index in [-0.39, 0.29) is 24.9 Å². The molecule has 1 aliphatic heterocycles. The zero-order valence-electron chi connectivity index (χ0n) is 10.3. The average Bonchev–Trinajstić information content (AvgIpc) is 2.36. The SMILES string of the molecule is O=C(O)C=Cc1ccc(Br)cc1N1CC(=O)NC(=O)C1. The van der Waals surface area contributed by atoms with Gasteiger partial charge in [-0.25, -0.2) is 4.79 Å². The van der Waals surface area contributed by atoms with Crippen LogP contribution in [0.3, 0.4) is 0 Å². The normalized spacial score (nSPS) is 15.6. The van der Waals surface area contributed by atoms with Gasteiger partial charge in [0.15, 0.2) is 0 Å². The minimum absolute atomic E-state index is 0.0517. The van der Waals surface area contributed by atoms with Crippen LogP contribution in [0.4, 0.5) is 5.69 Å². The first-order chi connectivity index (χ1) is 9.45. The zero-order chi connectivity index (χ0) is 14.7. The molecule has 0 bridgehead atoms. The highest BCUT2D eigenvalue weighted by Crippen LogP contribution is 2.27. The Balaban J connectivity index is 2.38. The summed E-state index contributed by atoms with van der Waals surface area (Å²) in [4.78, 5) is 35.1. The third kappa shape index (κ3) is 3.45. The number of rotatable bonds is 3. The number of nitrogens with one attached hydrogen (secondary N) is 1. The van der Waals surface area contributed by atoms with E-state index >= 15 is 0 Å². The molecule has 1 heterocycles. The van der Waals surface area contributed by atoms with Gasteiger partial charge in [-0.2, -0.15) is 0 Å². The Morgan fingerprint density at radius 1 is 1.30 bits per heavy atom. The van der Waals surface area contributed by atoms with Crippen LogP contribution in [0, 0.1) is 0 Å². The molecule has 2 N–H and O–H groups in total. The van der Waals surface area contributed by atoms with Crippen LogP contribution in [0.2, 0.25) is 0 Å². The van der Waals surface area contributed by atoms with Gasteiger partial charge in [-0.3, -0.25) is 14.9 Å². The molecule has 0 aliphatic carbocycles. The van der Waals surface area contributed by atoms with Crippen LogP contribution in [0.25, 0.3) is 6.08 Å². The molecule has 7 heteroatoms. The van der Waals surface area contributed by atoms with E-state index in [0.717, 1.165) is 10.5 Å². The van der Waals surface area contributed by atoms with E-state index in [1.54, 1.807) is 23.1 Å². The first-order valence-electron chi connectivity index (χ1n) is 5.74. The molecule has 0 spiro atoms. The Hall–Kier alpha value is -2.15. The van der Waals surface area contributed by atoms with Gasteiger partial charge in [0.05, 0.1) is 13.1 Å². The van der Waals surface area contributed by atoms with E-state index in [4.69, 9.17) is 5.11 Å². The van der Waals surface area contributed by atoms with E-state index in [1.165, 1.54) is 6.08 Å². The van der Waals surface area contributed by atoms with Crippen LogP contribution in [0.1, 0.15) is 5.56 Å². The van der Waals surface area contributed by atoms with Crippen LogP contribution < -0.4 is 10.2 Å². The number of imide groups is 1. The smallest absolute Gasteiger partial charge is 0.328 e. The first-order valence-corrected chi connectivity index (χ1v) is 6.53. The van der Waals surface area contributed by atoms with Crippen LogP contribution in [0.5, 0.6) is 0 Å². The third-order valence-corrected chi connectivity index (χ3v) is 3.18. The number of carboxylic acids is 1. The summed E-state index contributed by atoms with van der Waals surface area (Å²) in [5.41, 5.74) is 1.25. The van der Waals surface area contributed by atoms with Gasteiger partial charge in [-0.15, -0.1) is 0 Å². The van der Waals surface area contributed by atoms with Gasteiger partial charge in [-0.1, -0.05) is 22.0 Å². The fourth-order valence-electron chi connectivity index (χ4n) is 1.90. The molecule has 1 saturated heterocycles. The molecule has 0 unspecified atom stereocenters. The molecule has 0 aromatic heterocycles. The number of nitrogens with zero attached hydrogens (tertiary/aromatic N) is 1. The summed E-state index contributed by atoms with van der Waals surface area (Å²) >= 11 is 3.32. The molecule has 1 aliphatic rings. The summed E-state index contributed by atoms with van der Waals surface area (Å²) in [6.07, 6.45) is 2.44. The predicted octanol–water partition coefficient (Wildman–Crippen LogP) is 1.01. The van der Waals surface area contributed by atoms with Gasteiger partial charge < -0.3 is 10.0 Å². The number of piperazine rings is 1. The highest BCUT2D eigenvalue weighted by molar-refractivity contribution is 9.10. The second-order valence-electron chi connectivity index (χ2n) is 4.20. The van der Waals surface area contributed by atoms with Crippen molar-refractivity contribution in [3.63, 3.8) is 0 Å². The number of carbonyl (C=O) groups excluding carboxylic acids is 2. The summed E-state index contributed by atoms with van der Waals surface area (Å²) in [6.45, 7) is 0.103. The lowest BCUT2D eigenvalue weighted by atomic mass is 10.1. The number of aliphatic carboxylic acids is 1. The van der Waals surface area contributed by atoms with E-state index < -0.39 is 5.97 Å². The number of hydrogen-bond acceptors (Lipinski definition) is 4. The molecular formula is C13H11BrN2O4. The molecule has 20 heavy (non-hydrogen) atoms. The van der Waals surface area contributed by atoms with Crippen LogP contribution in [-0.2, 0) is 14.4 Å². The van der Waals surface area contributed by atoms with Crippen molar-refractivity contribution in [2.45, 2.75) is 0 Å². The Morgan fingerprint density at radius 2 is 1.95 bits per heavy atom. The molecule has 2 rings (SSSR count). The monoisotopic (exact) mass is 338 g/mol. The maximum atomic E-state index is 11.4. The molecule has 1 fully saturated rings. The van der Waals surface area contributed by atoms with Gasteiger partial charge in [0, 0.05) is 16.2 Å². The van der Waals surface area contributed by atoms with E-state index in [9.17, 15) is 14.4 Å². The van der Waals surface area contributed by atoms with E-state index in [1.807, 2.05) is 0 Å². The van der Waals surface area contributed by atoms with Gasteiger partial charge in [0.1, 0.15) is 0 Å². The van der Waals surface area contributed by atoms with Crippen LogP contribution in [-0.4, -0.2) is 36.0 Å².